The van der Waals surface area contributed by atoms with Crippen LogP contribution in [-0.2, 0) is 19.4 Å². The molecular formula is C18H29N3. The van der Waals surface area contributed by atoms with E-state index in [9.17, 15) is 0 Å². The molecule has 0 radical (unpaired) electrons. The topological polar surface area (TPSA) is 42.2 Å². The predicted octanol–water partition coefficient (Wildman–Crippen LogP) is 3.44. The SMILES string of the molecule is CCCC1CCCN(c2nc3c(cc2CN)CCC3)CC1. The third-order valence-corrected chi connectivity index (χ3v) is 5.17. The van der Waals surface area contributed by atoms with Gasteiger partial charge in [0.1, 0.15) is 5.82 Å². The molecule has 116 valence electrons. The van der Waals surface area contributed by atoms with Gasteiger partial charge in [0.05, 0.1) is 0 Å². The third-order valence-electron chi connectivity index (χ3n) is 5.17. The van der Waals surface area contributed by atoms with Crippen LogP contribution in [0.15, 0.2) is 6.07 Å². The number of hydrogen-bond acceptors (Lipinski definition) is 3. The van der Waals surface area contributed by atoms with Gasteiger partial charge in [0.2, 0.25) is 0 Å². The van der Waals surface area contributed by atoms with E-state index >= 15 is 0 Å². The average Bonchev–Trinajstić information content (AvgIpc) is 2.84. The smallest absolute Gasteiger partial charge is 0.133 e. The Morgan fingerprint density at radius 3 is 2.95 bits per heavy atom. The van der Waals surface area contributed by atoms with Crippen molar-refractivity contribution in [2.75, 3.05) is 18.0 Å². The van der Waals surface area contributed by atoms with Crippen LogP contribution >= 0.6 is 0 Å². The number of nitrogens with two attached hydrogens (primary N) is 1. The van der Waals surface area contributed by atoms with E-state index in [2.05, 4.69) is 17.9 Å². The number of anilines is 1. The van der Waals surface area contributed by atoms with E-state index in [-0.39, 0.29) is 0 Å². The molecule has 1 atom stereocenters. The van der Waals surface area contributed by atoms with E-state index in [0.717, 1.165) is 25.4 Å². The van der Waals surface area contributed by atoms with E-state index in [4.69, 9.17) is 10.7 Å². The van der Waals surface area contributed by atoms with Crippen LogP contribution in [0.25, 0.3) is 0 Å². The summed E-state index contributed by atoms with van der Waals surface area (Å²) in [6.45, 7) is 5.23. The summed E-state index contributed by atoms with van der Waals surface area (Å²) in [6, 6.07) is 2.33. The molecule has 3 rings (SSSR count). The Morgan fingerprint density at radius 1 is 1.24 bits per heavy atom. The zero-order valence-corrected chi connectivity index (χ0v) is 13.4. The van der Waals surface area contributed by atoms with Crippen LogP contribution < -0.4 is 10.6 Å². The van der Waals surface area contributed by atoms with E-state index in [1.165, 1.54) is 67.6 Å². The lowest BCUT2D eigenvalue weighted by molar-refractivity contribution is 0.435. The first-order valence-electron chi connectivity index (χ1n) is 8.78. The minimum absolute atomic E-state index is 0.616. The molecule has 0 saturated carbocycles. The number of aromatic nitrogens is 1. The van der Waals surface area contributed by atoms with Gasteiger partial charge in [-0.15, -0.1) is 0 Å². The summed E-state index contributed by atoms with van der Waals surface area (Å²) in [5.41, 5.74) is 10.0. The summed E-state index contributed by atoms with van der Waals surface area (Å²) < 4.78 is 0. The molecule has 0 aromatic carbocycles. The van der Waals surface area contributed by atoms with Gasteiger partial charge < -0.3 is 10.6 Å². The maximum absolute atomic E-state index is 6.00. The number of aryl methyl sites for hydroxylation is 2. The van der Waals surface area contributed by atoms with Crippen molar-refractivity contribution in [1.82, 2.24) is 4.98 Å². The minimum atomic E-state index is 0.616. The van der Waals surface area contributed by atoms with Gasteiger partial charge in [0.25, 0.3) is 0 Å². The van der Waals surface area contributed by atoms with Crippen molar-refractivity contribution in [1.29, 1.82) is 0 Å². The molecule has 1 aliphatic heterocycles. The van der Waals surface area contributed by atoms with Gasteiger partial charge in [-0.05, 0) is 56.1 Å². The first-order chi connectivity index (χ1) is 10.3. The van der Waals surface area contributed by atoms with Crippen LogP contribution in [0.1, 0.15) is 62.3 Å². The Labute approximate surface area is 128 Å². The largest absolute Gasteiger partial charge is 0.356 e. The van der Waals surface area contributed by atoms with Gasteiger partial charge in [-0.25, -0.2) is 4.98 Å². The molecule has 2 N–H and O–H groups in total. The Bertz CT molecular complexity index is 484. The van der Waals surface area contributed by atoms with E-state index in [0.29, 0.717) is 6.54 Å². The number of pyridine rings is 1. The lowest BCUT2D eigenvalue weighted by Gasteiger charge is -2.25. The van der Waals surface area contributed by atoms with Crippen LogP contribution in [0.4, 0.5) is 5.82 Å². The van der Waals surface area contributed by atoms with Crippen LogP contribution in [0.3, 0.4) is 0 Å². The Hall–Kier alpha value is -1.09. The molecule has 1 saturated heterocycles. The molecule has 1 unspecified atom stereocenters. The van der Waals surface area contributed by atoms with Gasteiger partial charge in [-0.1, -0.05) is 19.8 Å². The Kier molecular flexibility index (Phi) is 4.79. The fraction of sp³-hybridized carbons (Fsp3) is 0.722. The molecule has 1 aliphatic carbocycles. The van der Waals surface area contributed by atoms with E-state index in [1.54, 1.807) is 0 Å². The van der Waals surface area contributed by atoms with Crippen molar-refractivity contribution in [3.8, 4) is 0 Å². The van der Waals surface area contributed by atoms with Crippen molar-refractivity contribution >= 4 is 5.82 Å². The maximum atomic E-state index is 6.00. The fourth-order valence-corrected chi connectivity index (χ4v) is 4.01. The molecule has 0 bridgehead atoms. The summed E-state index contributed by atoms with van der Waals surface area (Å²) in [7, 11) is 0. The predicted molar refractivity (Wildman–Crippen MR) is 88.6 cm³/mol. The number of fused-ring (bicyclic) bond motifs is 1. The molecule has 21 heavy (non-hydrogen) atoms. The monoisotopic (exact) mass is 287 g/mol. The second-order valence-corrected chi connectivity index (χ2v) is 6.71. The first-order valence-corrected chi connectivity index (χ1v) is 8.78. The Balaban J connectivity index is 1.79. The molecule has 2 aliphatic rings. The van der Waals surface area contributed by atoms with Gasteiger partial charge in [-0.3, -0.25) is 0 Å². The van der Waals surface area contributed by atoms with Gasteiger partial charge in [0, 0.05) is 30.9 Å². The molecule has 0 spiro atoms. The zero-order valence-electron chi connectivity index (χ0n) is 13.4. The molecule has 3 heteroatoms. The van der Waals surface area contributed by atoms with Crippen LogP contribution in [0.5, 0.6) is 0 Å². The second-order valence-electron chi connectivity index (χ2n) is 6.71. The van der Waals surface area contributed by atoms with Gasteiger partial charge in [0.15, 0.2) is 0 Å². The highest BCUT2D eigenvalue weighted by Gasteiger charge is 2.22. The van der Waals surface area contributed by atoms with Gasteiger partial charge >= 0.3 is 0 Å². The number of nitrogens with zero attached hydrogens (tertiary/aromatic N) is 2. The third kappa shape index (κ3) is 3.23. The zero-order chi connectivity index (χ0) is 14.7. The normalized spacial score (nSPS) is 22.2. The molecule has 1 fully saturated rings. The maximum Gasteiger partial charge on any atom is 0.133 e. The van der Waals surface area contributed by atoms with E-state index in [1.807, 2.05) is 0 Å². The lowest BCUT2D eigenvalue weighted by atomic mass is 9.96. The van der Waals surface area contributed by atoms with Crippen molar-refractivity contribution in [2.24, 2.45) is 11.7 Å². The summed E-state index contributed by atoms with van der Waals surface area (Å²) in [5.74, 6) is 2.10. The lowest BCUT2D eigenvalue weighted by Crippen LogP contribution is -2.27. The second kappa shape index (κ2) is 6.78. The van der Waals surface area contributed by atoms with Crippen molar-refractivity contribution in [3.63, 3.8) is 0 Å². The number of rotatable bonds is 4. The van der Waals surface area contributed by atoms with Crippen LogP contribution in [0.2, 0.25) is 0 Å². The minimum Gasteiger partial charge on any atom is -0.356 e. The van der Waals surface area contributed by atoms with E-state index < -0.39 is 0 Å². The standard InChI is InChI=1S/C18H29N3/c1-2-5-14-6-4-10-21(11-9-14)18-16(13-19)12-15-7-3-8-17(15)20-18/h12,14H,2-11,13,19H2,1H3. The van der Waals surface area contributed by atoms with Crippen molar-refractivity contribution < 1.29 is 0 Å². The summed E-state index contributed by atoms with van der Waals surface area (Å²) in [4.78, 5) is 7.52. The summed E-state index contributed by atoms with van der Waals surface area (Å²) >= 11 is 0. The highest BCUT2D eigenvalue weighted by Crippen LogP contribution is 2.30. The quantitative estimate of drug-likeness (QED) is 0.922. The number of hydrogen-bond donors (Lipinski definition) is 1. The molecule has 0 amide bonds. The highest BCUT2D eigenvalue weighted by atomic mass is 15.2. The Morgan fingerprint density at radius 2 is 2.14 bits per heavy atom. The van der Waals surface area contributed by atoms with Crippen molar-refractivity contribution in [2.45, 2.75) is 64.8 Å². The van der Waals surface area contributed by atoms with Crippen molar-refractivity contribution in [3.05, 3.63) is 22.9 Å². The van der Waals surface area contributed by atoms with Crippen LogP contribution in [0, 0.1) is 5.92 Å². The first kappa shape index (κ1) is 14.8. The molecule has 3 nitrogen and oxygen atoms in total. The molecular weight excluding hydrogens is 258 g/mol. The average molecular weight is 287 g/mol. The fourth-order valence-electron chi connectivity index (χ4n) is 4.01. The summed E-state index contributed by atoms with van der Waals surface area (Å²) in [5, 5.41) is 0. The summed E-state index contributed by atoms with van der Waals surface area (Å²) in [6.07, 6.45) is 10.3. The highest BCUT2D eigenvalue weighted by molar-refractivity contribution is 5.51. The molecule has 1 aromatic heterocycles. The molecule has 1 aromatic rings. The molecule has 2 heterocycles. The van der Waals surface area contributed by atoms with Gasteiger partial charge in [-0.2, -0.15) is 0 Å². The van der Waals surface area contributed by atoms with Crippen LogP contribution in [-0.4, -0.2) is 18.1 Å².